The summed E-state index contributed by atoms with van der Waals surface area (Å²) < 4.78 is 16.8. The average molecular weight is 903 g/mol. The Morgan fingerprint density at radius 2 is 0.677 bits per heavy atom. The number of rotatable bonds is 47. The molecule has 0 aromatic heterocycles. The van der Waals surface area contributed by atoms with E-state index in [0.717, 1.165) is 109 Å². The molecule has 0 aliphatic carbocycles. The number of carbonyl (C=O) groups is 3. The zero-order valence-electron chi connectivity index (χ0n) is 42.2. The van der Waals surface area contributed by atoms with E-state index in [4.69, 9.17) is 14.2 Å². The van der Waals surface area contributed by atoms with Crippen LogP contribution in [0.3, 0.4) is 0 Å². The average Bonchev–Trinajstić information content (AvgIpc) is 3.30. The van der Waals surface area contributed by atoms with Crippen molar-refractivity contribution in [3.63, 3.8) is 0 Å². The van der Waals surface area contributed by atoms with Crippen LogP contribution in [0.2, 0.25) is 0 Å². The monoisotopic (exact) mass is 903 g/mol. The summed E-state index contributed by atoms with van der Waals surface area (Å²) in [5.74, 6) is -0.963. The summed E-state index contributed by atoms with van der Waals surface area (Å²) in [6.45, 7) is 6.33. The molecule has 0 heterocycles. The normalized spacial score (nSPS) is 12.8. The first-order valence-electron chi connectivity index (χ1n) is 26.8. The van der Waals surface area contributed by atoms with Crippen LogP contribution in [0.1, 0.15) is 239 Å². The molecule has 0 rings (SSSR count). The molecule has 1 unspecified atom stereocenters. The molecule has 0 aromatic rings. The van der Waals surface area contributed by atoms with Gasteiger partial charge in [-0.3, -0.25) is 14.4 Å². The van der Waals surface area contributed by atoms with Crippen LogP contribution in [0.15, 0.2) is 97.2 Å². The Balaban J connectivity index is 4.45. The second-order valence-electron chi connectivity index (χ2n) is 17.5. The van der Waals surface area contributed by atoms with E-state index in [1.165, 1.54) is 89.9 Å². The molecule has 0 saturated carbocycles. The SMILES string of the molecule is CC\C=C/C=C\C=C/C=C\CCCCCC(=O)OCC(COC(=O)CCCCCCC/C=C\CCCCCCCCCCC)OC(=O)CCCCCCCC/C=C\C/C=C\C/C=C\CC. The van der Waals surface area contributed by atoms with E-state index in [9.17, 15) is 14.4 Å². The van der Waals surface area contributed by atoms with Crippen LogP contribution in [-0.4, -0.2) is 37.2 Å². The molecule has 6 heteroatoms. The second kappa shape index (κ2) is 52.9. The highest BCUT2D eigenvalue weighted by molar-refractivity contribution is 5.71. The third kappa shape index (κ3) is 51.2. The molecular formula is C59H98O6. The van der Waals surface area contributed by atoms with Crippen LogP contribution in [0.5, 0.6) is 0 Å². The van der Waals surface area contributed by atoms with Crippen molar-refractivity contribution in [2.75, 3.05) is 13.2 Å². The molecule has 0 radical (unpaired) electrons. The predicted octanol–water partition coefficient (Wildman–Crippen LogP) is 17.8. The standard InChI is InChI=1S/C59H98O6/c1-4-7-10-13-16-19-22-25-27-29-30-32-34-37-40-43-46-49-52-58(61)64-55-56(54-63-57(60)51-48-45-42-39-36-33-24-21-18-15-12-9-6-3)65-59(62)53-50-47-44-41-38-35-31-28-26-23-20-17-14-11-8-5-2/h8-9,11-12,15,17-18,20-21,24,26,28,30,32-33,36,56H,4-7,10,13-14,16,19,22-23,25,27,29,31,34-35,37-55H2,1-3H3/b11-8-,12-9-,18-15-,20-17-,24-21-,28-26-,32-30-,36-33-. The lowest BCUT2D eigenvalue weighted by Crippen LogP contribution is -2.30. The van der Waals surface area contributed by atoms with Crippen LogP contribution in [0.25, 0.3) is 0 Å². The van der Waals surface area contributed by atoms with Gasteiger partial charge in [0.2, 0.25) is 0 Å². The molecule has 0 spiro atoms. The van der Waals surface area contributed by atoms with Gasteiger partial charge in [-0.1, -0.05) is 221 Å². The third-order valence-corrected chi connectivity index (χ3v) is 11.1. The van der Waals surface area contributed by atoms with E-state index < -0.39 is 6.10 Å². The molecule has 0 aliphatic heterocycles. The lowest BCUT2D eigenvalue weighted by atomic mass is 10.1. The third-order valence-electron chi connectivity index (χ3n) is 11.1. The predicted molar refractivity (Wildman–Crippen MR) is 279 cm³/mol. The molecule has 6 nitrogen and oxygen atoms in total. The first-order valence-corrected chi connectivity index (χ1v) is 26.8. The molecule has 370 valence electrons. The smallest absolute Gasteiger partial charge is 0.306 e. The molecular weight excluding hydrogens is 805 g/mol. The van der Waals surface area contributed by atoms with Gasteiger partial charge in [0, 0.05) is 19.3 Å². The van der Waals surface area contributed by atoms with E-state index in [0.29, 0.717) is 19.3 Å². The van der Waals surface area contributed by atoms with Crippen LogP contribution in [0.4, 0.5) is 0 Å². The molecule has 0 amide bonds. The Bertz CT molecular complexity index is 1310. The molecule has 0 fully saturated rings. The van der Waals surface area contributed by atoms with Crippen molar-refractivity contribution in [2.45, 2.75) is 245 Å². The Morgan fingerprint density at radius 1 is 0.338 bits per heavy atom. The summed E-state index contributed by atoms with van der Waals surface area (Å²) in [6.07, 6.45) is 69.7. The van der Waals surface area contributed by atoms with Crippen molar-refractivity contribution in [3.05, 3.63) is 97.2 Å². The molecule has 0 N–H and O–H groups in total. The summed E-state index contributed by atoms with van der Waals surface area (Å²) in [4.78, 5) is 38.0. The zero-order chi connectivity index (χ0) is 47.2. The first-order chi connectivity index (χ1) is 32.0. The van der Waals surface area contributed by atoms with Gasteiger partial charge in [-0.15, -0.1) is 0 Å². The number of esters is 3. The second-order valence-corrected chi connectivity index (χ2v) is 17.5. The highest BCUT2D eigenvalue weighted by Crippen LogP contribution is 2.14. The van der Waals surface area contributed by atoms with Crippen molar-refractivity contribution in [2.24, 2.45) is 0 Å². The minimum Gasteiger partial charge on any atom is -0.462 e. The molecule has 0 saturated heterocycles. The van der Waals surface area contributed by atoms with Gasteiger partial charge >= 0.3 is 17.9 Å². The summed E-state index contributed by atoms with van der Waals surface area (Å²) in [5, 5.41) is 0. The van der Waals surface area contributed by atoms with Gasteiger partial charge in [0.15, 0.2) is 6.10 Å². The molecule has 0 aromatic carbocycles. The topological polar surface area (TPSA) is 78.9 Å². The minimum atomic E-state index is -0.805. The van der Waals surface area contributed by atoms with Gasteiger partial charge in [0.1, 0.15) is 13.2 Å². The number of hydrogen-bond acceptors (Lipinski definition) is 6. The van der Waals surface area contributed by atoms with Gasteiger partial charge in [-0.2, -0.15) is 0 Å². The molecule has 65 heavy (non-hydrogen) atoms. The fourth-order valence-electron chi connectivity index (χ4n) is 7.17. The summed E-state index contributed by atoms with van der Waals surface area (Å²) in [6, 6.07) is 0. The Hall–Kier alpha value is -3.67. The maximum absolute atomic E-state index is 12.8. The number of hydrogen-bond donors (Lipinski definition) is 0. The Morgan fingerprint density at radius 3 is 1.15 bits per heavy atom. The summed E-state index contributed by atoms with van der Waals surface area (Å²) >= 11 is 0. The number of carbonyl (C=O) groups excluding carboxylic acids is 3. The van der Waals surface area contributed by atoms with E-state index in [1.807, 2.05) is 36.5 Å². The van der Waals surface area contributed by atoms with Crippen molar-refractivity contribution < 1.29 is 28.6 Å². The summed E-state index contributed by atoms with van der Waals surface area (Å²) in [5.41, 5.74) is 0. The fraction of sp³-hybridized carbons (Fsp3) is 0.678. The Kier molecular flexibility index (Phi) is 50.0. The van der Waals surface area contributed by atoms with Crippen LogP contribution >= 0.6 is 0 Å². The number of allylic oxidation sites excluding steroid dienone is 16. The Labute approximate surface area is 400 Å². The van der Waals surface area contributed by atoms with Gasteiger partial charge in [-0.25, -0.2) is 0 Å². The van der Waals surface area contributed by atoms with E-state index in [1.54, 1.807) is 0 Å². The largest absolute Gasteiger partial charge is 0.462 e. The van der Waals surface area contributed by atoms with Crippen molar-refractivity contribution in [1.82, 2.24) is 0 Å². The molecule has 0 aliphatic rings. The van der Waals surface area contributed by atoms with E-state index >= 15 is 0 Å². The molecule has 1 atom stereocenters. The van der Waals surface area contributed by atoms with Gasteiger partial charge < -0.3 is 14.2 Å². The van der Waals surface area contributed by atoms with Gasteiger partial charge in [-0.05, 0) is 96.3 Å². The van der Waals surface area contributed by atoms with E-state index in [-0.39, 0.29) is 31.1 Å². The summed E-state index contributed by atoms with van der Waals surface area (Å²) in [7, 11) is 0. The lowest BCUT2D eigenvalue weighted by Gasteiger charge is -2.18. The first kappa shape index (κ1) is 61.3. The van der Waals surface area contributed by atoms with Crippen molar-refractivity contribution >= 4 is 17.9 Å². The van der Waals surface area contributed by atoms with Crippen LogP contribution in [0, 0.1) is 0 Å². The highest BCUT2D eigenvalue weighted by atomic mass is 16.6. The highest BCUT2D eigenvalue weighted by Gasteiger charge is 2.19. The van der Waals surface area contributed by atoms with Crippen LogP contribution in [-0.2, 0) is 28.6 Å². The fourth-order valence-corrected chi connectivity index (χ4v) is 7.17. The number of ether oxygens (including phenoxy) is 3. The van der Waals surface area contributed by atoms with Crippen LogP contribution < -0.4 is 0 Å². The maximum atomic E-state index is 12.8. The maximum Gasteiger partial charge on any atom is 0.306 e. The lowest BCUT2D eigenvalue weighted by molar-refractivity contribution is -0.167. The van der Waals surface area contributed by atoms with Gasteiger partial charge in [0.05, 0.1) is 0 Å². The van der Waals surface area contributed by atoms with E-state index in [2.05, 4.69) is 81.5 Å². The van der Waals surface area contributed by atoms with Gasteiger partial charge in [0.25, 0.3) is 0 Å². The van der Waals surface area contributed by atoms with Crippen molar-refractivity contribution in [1.29, 1.82) is 0 Å². The minimum absolute atomic E-state index is 0.101. The quantitative estimate of drug-likeness (QED) is 0.0199. The molecule has 0 bridgehead atoms. The number of unbranched alkanes of at least 4 members (excludes halogenated alkanes) is 23. The zero-order valence-corrected chi connectivity index (χ0v) is 42.2. The van der Waals surface area contributed by atoms with Crippen molar-refractivity contribution in [3.8, 4) is 0 Å².